The van der Waals surface area contributed by atoms with Crippen LogP contribution in [0.5, 0.6) is 0 Å². The molecule has 0 radical (unpaired) electrons. The van der Waals surface area contributed by atoms with Crippen LogP contribution in [0.25, 0.3) is 0 Å². The Morgan fingerprint density at radius 1 is 1.44 bits per heavy atom. The molecule has 0 unspecified atom stereocenters. The molecular weight excluding hydrogens is 208 g/mol. The first-order chi connectivity index (χ1) is 7.33. The Bertz CT molecular complexity index is 386. The summed E-state index contributed by atoms with van der Waals surface area (Å²) in [6, 6.07) is 0. The standard InChI is InChI=1S/C12H16O4/c1-11(6-4-8(13)14)7-3-5-12(11,2)10(16)9(7)15/h7H,3-6H2,1-2H3,(H,13,14)/t7-,11-,12-/m0/s1. The van der Waals surface area contributed by atoms with Crippen molar-refractivity contribution in [3.8, 4) is 0 Å². The fourth-order valence-corrected chi connectivity index (χ4v) is 3.46. The van der Waals surface area contributed by atoms with Crippen LogP contribution >= 0.6 is 0 Å². The lowest BCUT2D eigenvalue weighted by atomic mass is 9.66. The predicted octanol–water partition coefficient (Wildman–Crippen LogP) is 1.43. The minimum Gasteiger partial charge on any atom is -0.481 e. The number of carbonyl (C=O) groups is 3. The van der Waals surface area contributed by atoms with Gasteiger partial charge in [-0.2, -0.15) is 0 Å². The van der Waals surface area contributed by atoms with E-state index in [4.69, 9.17) is 5.11 Å². The Kier molecular flexibility index (Phi) is 2.23. The second kappa shape index (κ2) is 3.15. The molecule has 2 bridgehead atoms. The van der Waals surface area contributed by atoms with Gasteiger partial charge in [-0.05, 0) is 24.7 Å². The van der Waals surface area contributed by atoms with E-state index in [0.29, 0.717) is 6.42 Å². The summed E-state index contributed by atoms with van der Waals surface area (Å²) in [6.07, 6.45) is 1.90. The van der Waals surface area contributed by atoms with Crippen LogP contribution in [0, 0.1) is 16.7 Å². The summed E-state index contributed by atoms with van der Waals surface area (Å²) in [5.74, 6) is -1.67. The molecule has 0 aromatic rings. The molecule has 0 amide bonds. The molecule has 2 aliphatic rings. The van der Waals surface area contributed by atoms with E-state index in [-0.39, 0.29) is 23.9 Å². The average Bonchev–Trinajstić information content (AvgIpc) is 2.54. The maximum atomic E-state index is 11.9. The molecule has 88 valence electrons. The van der Waals surface area contributed by atoms with Crippen molar-refractivity contribution in [3.05, 3.63) is 0 Å². The number of carboxylic acids is 1. The van der Waals surface area contributed by atoms with Gasteiger partial charge in [-0.15, -0.1) is 0 Å². The summed E-state index contributed by atoms with van der Waals surface area (Å²) in [5.41, 5.74) is -1.07. The molecule has 0 saturated heterocycles. The third-order valence-electron chi connectivity index (χ3n) is 4.86. The summed E-state index contributed by atoms with van der Waals surface area (Å²) in [6.45, 7) is 3.72. The second-order valence-corrected chi connectivity index (χ2v) is 5.43. The molecule has 0 aromatic carbocycles. The maximum Gasteiger partial charge on any atom is 0.303 e. The van der Waals surface area contributed by atoms with E-state index in [1.807, 2.05) is 13.8 Å². The van der Waals surface area contributed by atoms with E-state index in [0.717, 1.165) is 12.8 Å². The van der Waals surface area contributed by atoms with Crippen LogP contribution in [0.2, 0.25) is 0 Å². The summed E-state index contributed by atoms with van der Waals surface area (Å²) in [7, 11) is 0. The molecule has 1 N–H and O–H groups in total. The Labute approximate surface area is 94.0 Å². The number of Topliss-reactive ketones (excluding diaryl/α,β-unsaturated/α-hetero) is 2. The van der Waals surface area contributed by atoms with Crippen LogP contribution < -0.4 is 0 Å². The Morgan fingerprint density at radius 2 is 2.06 bits per heavy atom. The molecule has 0 spiro atoms. The Hall–Kier alpha value is -1.19. The Balaban J connectivity index is 2.31. The van der Waals surface area contributed by atoms with Gasteiger partial charge < -0.3 is 5.11 Å². The van der Waals surface area contributed by atoms with Crippen molar-refractivity contribution in [2.24, 2.45) is 16.7 Å². The zero-order valence-corrected chi connectivity index (χ0v) is 9.58. The van der Waals surface area contributed by atoms with Crippen LogP contribution in [0.1, 0.15) is 39.5 Å². The molecule has 2 aliphatic carbocycles. The van der Waals surface area contributed by atoms with Crippen LogP contribution in [0.3, 0.4) is 0 Å². The van der Waals surface area contributed by atoms with Gasteiger partial charge in [-0.25, -0.2) is 0 Å². The van der Waals surface area contributed by atoms with Crippen molar-refractivity contribution in [3.63, 3.8) is 0 Å². The molecular formula is C12H16O4. The van der Waals surface area contributed by atoms with Crippen LogP contribution in [0.15, 0.2) is 0 Å². The predicted molar refractivity (Wildman–Crippen MR) is 55.8 cm³/mol. The van der Waals surface area contributed by atoms with Gasteiger partial charge in [-0.1, -0.05) is 13.8 Å². The minimum absolute atomic E-state index is 0.0309. The summed E-state index contributed by atoms with van der Waals surface area (Å²) in [5, 5.41) is 8.73. The van der Waals surface area contributed by atoms with Gasteiger partial charge in [0.15, 0.2) is 0 Å². The molecule has 4 heteroatoms. The second-order valence-electron chi connectivity index (χ2n) is 5.43. The number of hydrogen-bond donors (Lipinski definition) is 1. The monoisotopic (exact) mass is 224 g/mol. The van der Waals surface area contributed by atoms with Crippen LogP contribution in [-0.4, -0.2) is 22.6 Å². The van der Waals surface area contributed by atoms with Crippen molar-refractivity contribution >= 4 is 17.5 Å². The third kappa shape index (κ3) is 1.13. The summed E-state index contributed by atoms with van der Waals surface area (Å²) < 4.78 is 0. The molecule has 2 rings (SSSR count). The van der Waals surface area contributed by atoms with Gasteiger partial charge in [0.05, 0.1) is 0 Å². The molecule has 2 saturated carbocycles. The molecule has 4 nitrogen and oxygen atoms in total. The highest BCUT2D eigenvalue weighted by molar-refractivity contribution is 6.43. The summed E-state index contributed by atoms with van der Waals surface area (Å²) in [4.78, 5) is 34.2. The number of carbonyl (C=O) groups excluding carboxylic acids is 2. The molecule has 0 heterocycles. The van der Waals surface area contributed by atoms with Gasteiger partial charge >= 0.3 is 5.97 Å². The summed E-state index contributed by atoms with van der Waals surface area (Å²) >= 11 is 0. The van der Waals surface area contributed by atoms with Gasteiger partial charge in [-0.3, -0.25) is 14.4 Å². The zero-order chi connectivity index (χ0) is 12.1. The quantitative estimate of drug-likeness (QED) is 0.736. The van der Waals surface area contributed by atoms with Crippen LogP contribution in [0.4, 0.5) is 0 Å². The minimum atomic E-state index is -0.865. The lowest BCUT2D eigenvalue weighted by Gasteiger charge is -2.35. The Morgan fingerprint density at radius 3 is 2.50 bits per heavy atom. The lowest BCUT2D eigenvalue weighted by molar-refractivity contribution is -0.141. The zero-order valence-electron chi connectivity index (χ0n) is 9.58. The van der Waals surface area contributed by atoms with Crippen molar-refractivity contribution in [1.82, 2.24) is 0 Å². The highest BCUT2D eigenvalue weighted by Gasteiger charge is 2.68. The number of ketones is 2. The molecule has 16 heavy (non-hydrogen) atoms. The lowest BCUT2D eigenvalue weighted by Crippen LogP contribution is -2.35. The largest absolute Gasteiger partial charge is 0.481 e. The fraction of sp³-hybridized carbons (Fsp3) is 0.750. The van der Waals surface area contributed by atoms with Crippen LogP contribution in [-0.2, 0) is 14.4 Å². The van der Waals surface area contributed by atoms with E-state index in [1.54, 1.807) is 0 Å². The number of aliphatic carboxylic acids is 1. The van der Waals surface area contributed by atoms with Crippen molar-refractivity contribution in [2.75, 3.05) is 0 Å². The van der Waals surface area contributed by atoms with Gasteiger partial charge in [0, 0.05) is 17.8 Å². The number of fused-ring (bicyclic) bond motifs is 2. The SMILES string of the molecule is C[C@]12CC[C@@H](C(=O)C1=O)[C@]2(C)CCC(=O)O. The van der Waals surface area contributed by atoms with Gasteiger partial charge in [0.1, 0.15) is 0 Å². The molecule has 3 atom stereocenters. The maximum absolute atomic E-state index is 11.9. The van der Waals surface area contributed by atoms with Crippen molar-refractivity contribution in [1.29, 1.82) is 0 Å². The first-order valence-electron chi connectivity index (χ1n) is 5.63. The first kappa shape index (κ1) is 11.3. The molecule has 2 fully saturated rings. The van der Waals surface area contributed by atoms with E-state index < -0.39 is 16.8 Å². The number of hydrogen-bond acceptors (Lipinski definition) is 3. The normalized spacial score (nSPS) is 41.8. The number of carboxylic acid groups (broad SMARTS) is 1. The topological polar surface area (TPSA) is 71.4 Å². The third-order valence-corrected chi connectivity index (χ3v) is 4.86. The fourth-order valence-electron chi connectivity index (χ4n) is 3.46. The number of rotatable bonds is 3. The van der Waals surface area contributed by atoms with Crippen molar-refractivity contribution < 1.29 is 19.5 Å². The average molecular weight is 224 g/mol. The highest BCUT2D eigenvalue weighted by atomic mass is 16.4. The first-order valence-corrected chi connectivity index (χ1v) is 5.63. The van der Waals surface area contributed by atoms with E-state index >= 15 is 0 Å². The smallest absolute Gasteiger partial charge is 0.303 e. The highest BCUT2D eigenvalue weighted by Crippen LogP contribution is 2.64. The van der Waals surface area contributed by atoms with Crippen molar-refractivity contribution in [2.45, 2.75) is 39.5 Å². The molecule has 0 aromatic heterocycles. The van der Waals surface area contributed by atoms with E-state index in [1.165, 1.54) is 0 Å². The van der Waals surface area contributed by atoms with E-state index in [2.05, 4.69) is 0 Å². The van der Waals surface area contributed by atoms with Gasteiger partial charge in [0.2, 0.25) is 11.6 Å². The van der Waals surface area contributed by atoms with E-state index in [9.17, 15) is 14.4 Å². The van der Waals surface area contributed by atoms with Gasteiger partial charge in [0.25, 0.3) is 0 Å². The molecule has 0 aliphatic heterocycles.